The molecule has 0 N–H and O–H groups in total. The minimum atomic E-state index is -0.244. The van der Waals surface area contributed by atoms with Crippen LogP contribution in [-0.2, 0) is 0 Å². The zero-order valence-electron chi connectivity index (χ0n) is 11.9. The van der Waals surface area contributed by atoms with E-state index in [1.165, 1.54) is 0 Å². The lowest BCUT2D eigenvalue weighted by atomic mass is 10.1. The first-order valence-corrected chi connectivity index (χ1v) is 7.13. The first-order chi connectivity index (χ1) is 8.55. The van der Waals surface area contributed by atoms with Gasteiger partial charge >= 0.3 is 0 Å². The molecule has 18 heavy (non-hydrogen) atoms. The van der Waals surface area contributed by atoms with Gasteiger partial charge in [0.1, 0.15) is 5.75 Å². The van der Waals surface area contributed by atoms with Gasteiger partial charge in [-0.3, -0.25) is 4.90 Å². The molecule has 0 saturated heterocycles. The second kappa shape index (κ2) is 7.01. The molecule has 1 aromatic carbocycles. The predicted octanol–water partition coefficient (Wildman–Crippen LogP) is 4.58. The molecule has 0 amide bonds. The second-order valence-corrected chi connectivity index (χ2v) is 5.09. The fraction of sp³-hybridized carbons (Fsp3) is 0.600. The molecule has 102 valence electrons. The second-order valence-electron chi connectivity index (χ2n) is 4.65. The molecule has 0 saturated carbocycles. The lowest BCUT2D eigenvalue weighted by molar-refractivity contribution is -0.0724. The molecule has 1 unspecified atom stereocenters. The molecular weight excluding hydrogens is 246 g/mol. The highest BCUT2D eigenvalue weighted by Gasteiger charge is 2.31. The van der Waals surface area contributed by atoms with Crippen molar-refractivity contribution in [1.29, 1.82) is 0 Å². The average molecular weight is 270 g/mol. The summed E-state index contributed by atoms with van der Waals surface area (Å²) in [7, 11) is 0. The average Bonchev–Trinajstić information content (AvgIpc) is 2.34. The van der Waals surface area contributed by atoms with Crippen LogP contribution >= 0.6 is 11.6 Å². The van der Waals surface area contributed by atoms with Gasteiger partial charge in [-0.1, -0.05) is 38.8 Å². The van der Waals surface area contributed by atoms with Crippen LogP contribution in [0.3, 0.4) is 0 Å². The molecule has 0 aliphatic heterocycles. The first kappa shape index (κ1) is 15.3. The predicted molar refractivity (Wildman–Crippen MR) is 78.3 cm³/mol. The molecule has 0 bridgehead atoms. The lowest BCUT2D eigenvalue weighted by Gasteiger charge is -2.40. The van der Waals surface area contributed by atoms with Gasteiger partial charge in [0.25, 0.3) is 0 Å². The fourth-order valence-electron chi connectivity index (χ4n) is 2.39. The van der Waals surface area contributed by atoms with Crippen molar-refractivity contribution in [3.05, 3.63) is 29.3 Å². The quantitative estimate of drug-likeness (QED) is 0.672. The van der Waals surface area contributed by atoms with Crippen LogP contribution in [0.2, 0.25) is 5.02 Å². The summed E-state index contributed by atoms with van der Waals surface area (Å²) in [6, 6.07) is 7.59. The van der Waals surface area contributed by atoms with E-state index < -0.39 is 0 Å². The third kappa shape index (κ3) is 3.89. The molecular formula is C15H24ClNO. The number of hydrogen-bond donors (Lipinski definition) is 0. The Labute approximate surface area is 116 Å². The number of benzene rings is 1. The summed E-state index contributed by atoms with van der Waals surface area (Å²) in [6.07, 6.45) is 2.11. The van der Waals surface area contributed by atoms with Crippen molar-refractivity contribution in [2.45, 2.75) is 46.3 Å². The number of nitrogens with zero attached hydrogens (tertiary/aromatic N) is 1. The van der Waals surface area contributed by atoms with Crippen molar-refractivity contribution in [3.8, 4) is 5.75 Å². The van der Waals surface area contributed by atoms with E-state index in [-0.39, 0.29) is 5.72 Å². The molecule has 2 nitrogen and oxygen atoms in total. The van der Waals surface area contributed by atoms with Crippen LogP contribution in [0.1, 0.15) is 40.5 Å². The standard InChI is InChI=1S/C15H24ClNO/c1-5-12-15(4,17(6-2)7-3)18-14-10-8-13(16)9-11-14/h8-11H,5-7,12H2,1-4H3. The van der Waals surface area contributed by atoms with Gasteiger partial charge in [0, 0.05) is 11.4 Å². The smallest absolute Gasteiger partial charge is 0.160 e. The Morgan fingerprint density at radius 2 is 1.67 bits per heavy atom. The zero-order chi connectivity index (χ0) is 13.6. The summed E-state index contributed by atoms with van der Waals surface area (Å²) >= 11 is 5.90. The topological polar surface area (TPSA) is 12.5 Å². The van der Waals surface area contributed by atoms with Crippen LogP contribution in [0.5, 0.6) is 5.75 Å². The minimum Gasteiger partial charge on any atom is -0.473 e. The molecule has 0 aromatic heterocycles. The highest BCUT2D eigenvalue weighted by Crippen LogP contribution is 2.27. The number of hydrogen-bond acceptors (Lipinski definition) is 2. The van der Waals surface area contributed by atoms with Gasteiger partial charge in [0.2, 0.25) is 0 Å². The normalized spacial score (nSPS) is 14.6. The SMILES string of the molecule is CCCC(C)(Oc1ccc(Cl)cc1)N(CC)CC. The van der Waals surface area contributed by atoms with Gasteiger partial charge in [-0.2, -0.15) is 0 Å². The molecule has 0 heterocycles. The summed E-state index contributed by atoms with van der Waals surface area (Å²) < 4.78 is 6.21. The van der Waals surface area contributed by atoms with Crippen molar-refractivity contribution in [2.24, 2.45) is 0 Å². The van der Waals surface area contributed by atoms with Crippen LogP contribution < -0.4 is 4.74 Å². The molecule has 1 atom stereocenters. The zero-order valence-corrected chi connectivity index (χ0v) is 12.6. The molecule has 0 aliphatic rings. The van der Waals surface area contributed by atoms with Crippen LogP contribution in [-0.4, -0.2) is 23.7 Å². The Morgan fingerprint density at radius 1 is 1.11 bits per heavy atom. The Bertz CT molecular complexity index is 348. The molecule has 1 aromatic rings. The van der Waals surface area contributed by atoms with E-state index in [1.807, 2.05) is 24.3 Å². The maximum Gasteiger partial charge on any atom is 0.160 e. The first-order valence-electron chi connectivity index (χ1n) is 6.75. The molecule has 3 heteroatoms. The third-order valence-electron chi connectivity index (χ3n) is 3.30. The van der Waals surface area contributed by atoms with Gasteiger partial charge in [0.15, 0.2) is 5.72 Å². The van der Waals surface area contributed by atoms with Crippen LogP contribution in [0, 0.1) is 0 Å². The molecule has 1 rings (SSSR count). The molecule has 0 radical (unpaired) electrons. The van der Waals surface area contributed by atoms with E-state index in [4.69, 9.17) is 16.3 Å². The summed E-state index contributed by atoms with van der Waals surface area (Å²) in [5, 5.41) is 0.738. The third-order valence-corrected chi connectivity index (χ3v) is 3.55. The van der Waals surface area contributed by atoms with E-state index in [9.17, 15) is 0 Å². The van der Waals surface area contributed by atoms with Gasteiger partial charge in [-0.25, -0.2) is 0 Å². The Hall–Kier alpha value is -0.730. The van der Waals surface area contributed by atoms with Crippen molar-refractivity contribution >= 4 is 11.6 Å². The fourth-order valence-corrected chi connectivity index (χ4v) is 2.51. The summed E-state index contributed by atoms with van der Waals surface area (Å²) in [6.45, 7) is 10.7. The van der Waals surface area contributed by atoms with Crippen LogP contribution in [0.4, 0.5) is 0 Å². The van der Waals surface area contributed by atoms with Crippen LogP contribution in [0.15, 0.2) is 24.3 Å². The molecule has 0 spiro atoms. The Kier molecular flexibility index (Phi) is 5.97. The summed E-state index contributed by atoms with van der Waals surface area (Å²) in [5.41, 5.74) is -0.244. The molecule has 0 aliphatic carbocycles. The van der Waals surface area contributed by atoms with E-state index >= 15 is 0 Å². The summed E-state index contributed by atoms with van der Waals surface area (Å²) in [5.74, 6) is 0.877. The Balaban J connectivity index is 2.87. The van der Waals surface area contributed by atoms with E-state index in [0.29, 0.717) is 0 Å². The van der Waals surface area contributed by atoms with Gasteiger partial charge < -0.3 is 4.74 Å². The number of halogens is 1. The number of rotatable bonds is 7. The summed E-state index contributed by atoms with van der Waals surface area (Å²) in [4.78, 5) is 2.35. The van der Waals surface area contributed by atoms with E-state index in [1.54, 1.807) is 0 Å². The van der Waals surface area contributed by atoms with Gasteiger partial charge in [-0.15, -0.1) is 0 Å². The highest BCUT2D eigenvalue weighted by atomic mass is 35.5. The monoisotopic (exact) mass is 269 g/mol. The molecule has 0 fully saturated rings. The van der Waals surface area contributed by atoms with E-state index in [2.05, 4.69) is 32.6 Å². The number of ether oxygens (including phenoxy) is 1. The van der Waals surface area contributed by atoms with Crippen molar-refractivity contribution < 1.29 is 4.74 Å². The van der Waals surface area contributed by atoms with E-state index in [0.717, 1.165) is 36.7 Å². The lowest BCUT2D eigenvalue weighted by Crippen LogP contribution is -2.50. The van der Waals surface area contributed by atoms with Gasteiger partial charge in [-0.05, 0) is 44.3 Å². The minimum absolute atomic E-state index is 0.244. The van der Waals surface area contributed by atoms with Crippen LogP contribution in [0.25, 0.3) is 0 Å². The maximum atomic E-state index is 6.21. The Morgan fingerprint density at radius 3 is 2.11 bits per heavy atom. The largest absolute Gasteiger partial charge is 0.473 e. The van der Waals surface area contributed by atoms with Crippen molar-refractivity contribution in [3.63, 3.8) is 0 Å². The van der Waals surface area contributed by atoms with Crippen molar-refractivity contribution in [2.75, 3.05) is 13.1 Å². The van der Waals surface area contributed by atoms with Gasteiger partial charge in [0.05, 0.1) is 0 Å². The highest BCUT2D eigenvalue weighted by molar-refractivity contribution is 6.30. The maximum absolute atomic E-state index is 6.21. The van der Waals surface area contributed by atoms with Crippen molar-refractivity contribution in [1.82, 2.24) is 4.90 Å².